The molecule has 2 atom stereocenters. The van der Waals surface area contributed by atoms with E-state index in [2.05, 4.69) is 31.3 Å². The zero-order chi connectivity index (χ0) is 59.2. The maximum absolute atomic E-state index is 12.6. The third-order valence-corrected chi connectivity index (χ3v) is 18.1. The van der Waals surface area contributed by atoms with E-state index in [0.717, 1.165) is 38.5 Å². The number of esters is 1. The van der Waals surface area contributed by atoms with Crippen LogP contribution in [0.15, 0.2) is 12.2 Å². The fourth-order valence-electron chi connectivity index (χ4n) is 12.3. The number of ether oxygens (including phenoxy) is 1. The summed E-state index contributed by atoms with van der Waals surface area (Å²) in [5.74, 6) is -0.00778. The molecule has 6 heteroatoms. The van der Waals surface area contributed by atoms with Crippen molar-refractivity contribution in [3.05, 3.63) is 12.2 Å². The van der Waals surface area contributed by atoms with Crippen molar-refractivity contribution in [1.29, 1.82) is 0 Å². The van der Waals surface area contributed by atoms with Crippen LogP contribution in [0.1, 0.15) is 438 Å². The van der Waals surface area contributed by atoms with Gasteiger partial charge in [0.15, 0.2) is 0 Å². The number of nitrogens with one attached hydrogen (secondary N) is 1. The highest BCUT2D eigenvalue weighted by Crippen LogP contribution is 2.20. The van der Waals surface area contributed by atoms with Crippen LogP contribution < -0.4 is 5.32 Å². The van der Waals surface area contributed by atoms with Gasteiger partial charge in [-0.3, -0.25) is 9.59 Å². The first-order valence-corrected chi connectivity index (χ1v) is 37.9. The lowest BCUT2D eigenvalue weighted by atomic mass is 10.0. The first-order chi connectivity index (χ1) is 40.5. The molecule has 0 fully saturated rings. The van der Waals surface area contributed by atoms with Crippen LogP contribution in [0.3, 0.4) is 0 Å². The molecule has 0 aromatic rings. The molecule has 82 heavy (non-hydrogen) atoms. The molecule has 0 aliphatic heterocycles. The lowest BCUT2D eigenvalue weighted by molar-refractivity contribution is -0.143. The van der Waals surface area contributed by atoms with Gasteiger partial charge < -0.3 is 20.3 Å². The number of amides is 1. The van der Waals surface area contributed by atoms with Crippen molar-refractivity contribution in [2.75, 3.05) is 13.2 Å². The van der Waals surface area contributed by atoms with Gasteiger partial charge in [-0.05, 0) is 51.4 Å². The summed E-state index contributed by atoms with van der Waals surface area (Å²) < 4.78 is 5.51. The first-order valence-electron chi connectivity index (χ1n) is 37.9. The van der Waals surface area contributed by atoms with Gasteiger partial charge in [0.05, 0.1) is 25.4 Å². The Kier molecular flexibility index (Phi) is 70.8. The summed E-state index contributed by atoms with van der Waals surface area (Å²) >= 11 is 0. The first kappa shape index (κ1) is 80.6. The number of carbonyl (C=O) groups excluding carboxylic acids is 2. The molecule has 0 aromatic heterocycles. The van der Waals surface area contributed by atoms with E-state index in [9.17, 15) is 19.8 Å². The Balaban J connectivity index is 3.36. The topological polar surface area (TPSA) is 95.9 Å². The minimum Gasteiger partial charge on any atom is -0.466 e. The quantitative estimate of drug-likeness (QED) is 0.0320. The molecule has 1 amide bonds. The van der Waals surface area contributed by atoms with Crippen molar-refractivity contribution in [3.8, 4) is 0 Å². The summed E-state index contributed by atoms with van der Waals surface area (Å²) in [5.41, 5.74) is 0. The monoisotopic (exact) mass is 1160 g/mol. The van der Waals surface area contributed by atoms with Crippen molar-refractivity contribution < 1.29 is 24.5 Å². The number of carbonyl (C=O) groups is 2. The van der Waals surface area contributed by atoms with E-state index in [0.29, 0.717) is 25.9 Å². The molecule has 0 aliphatic rings. The molecule has 2 unspecified atom stereocenters. The van der Waals surface area contributed by atoms with E-state index < -0.39 is 12.1 Å². The number of aliphatic hydroxyl groups excluding tert-OH is 2. The Morgan fingerprint density at radius 3 is 0.866 bits per heavy atom. The van der Waals surface area contributed by atoms with Crippen LogP contribution in [0.2, 0.25) is 0 Å². The van der Waals surface area contributed by atoms with Crippen LogP contribution in [0, 0.1) is 0 Å². The summed E-state index contributed by atoms with van der Waals surface area (Å²) in [6, 6.07) is -0.541. The maximum Gasteiger partial charge on any atom is 0.305 e. The summed E-state index contributed by atoms with van der Waals surface area (Å²) in [7, 11) is 0. The Morgan fingerprint density at radius 1 is 0.329 bits per heavy atom. The second-order valence-corrected chi connectivity index (χ2v) is 26.3. The van der Waals surface area contributed by atoms with Crippen molar-refractivity contribution >= 4 is 11.9 Å². The van der Waals surface area contributed by atoms with Gasteiger partial charge in [0.2, 0.25) is 5.91 Å². The minimum atomic E-state index is -0.664. The smallest absolute Gasteiger partial charge is 0.305 e. The van der Waals surface area contributed by atoms with Crippen molar-refractivity contribution in [2.24, 2.45) is 0 Å². The SMILES string of the molecule is CCCCCCCCCCCCCCCCCCCCCCC(O)C(CO)NC(=O)CCCCCCCCCCCCCCC/C=C\CCCCCCCCCCCCCCOC(=O)CCCCCCCCCCCCCCCCCC. The molecular weight excluding hydrogens is 1010 g/mol. The molecule has 0 aliphatic carbocycles. The van der Waals surface area contributed by atoms with Crippen molar-refractivity contribution in [2.45, 2.75) is 450 Å². The number of aliphatic hydroxyl groups is 2. The van der Waals surface area contributed by atoms with Crippen molar-refractivity contribution in [1.82, 2.24) is 5.32 Å². The van der Waals surface area contributed by atoms with Crippen LogP contribution >= 0.6 is 0 Å². The average molecular weight is 1160 g/mol. The van der Waals surface area contributed by atoms with Crippen LogP contribution in [0.25, 0.3) is 0 Å². The zero-order valence-corrected chi connectivity index (χ0v) is 56.0. The molecular formula is C76H149NO5. The number of unbranched alkanes of at least 4 members (excludes halogenated alkanes) is 59. The summed E-state index contributed by atoms with van der Waals surface area (Å²) in [4.78, 5) is 24.6. The van der Waals surface area contributed by atoms with E-state index in [1.165, 1.54) is 366 Å². The predicted molar refractivity (Wildman–Crippen MR) is 361 cm³/mol. The van der Waals surface area contributed by atoms with Gasteiger partial charge in [-0.2, -0.15) is 0 Å². The molecule has 3 N–H and O–H groups in total. The number of hydrogen-bond donors (Lipinski definition) is 3. The molecule has 0 radical (unpaired) electrons. The standard InChI is InChI=1S/C76H149NO5/c1-3-5-7-9-11-13-15-17-19-21-22-34-37-40-44-48-52-56-60-64-68-74(79)73(72-78)77-75(80)69-65-61-57-53-49-45-41-38-35-32-30-28-26-24-23-25-27-29-31-33-36-39-43-47-51-55-59-63-67-71-82-76(81)70-66-62-58-54-50-46-42-20-18-16-14-12-10-8-6-4-2/h23,25,73-74,78-79H,3-22,24,26-72H2,1-2H3,(H,77,80)/b25-23-. The molecule has 0 aromatic carbocycles. The number of hydrogen-bond acceptors (Lipinski definition) is 5. The Hall–Kier alpha value is -1.40. The van der Waals surface area contributed by atoms with Gasteiger partial charge in [-0.15, -0.1) is 0 Å². The van der Waals surface area contributed by atoms with Gasteiger partial charge >= 0.3 is 5.97 Å². The lowest BCUT2D eigenvalue weighted by Gasteiger charge is -2.22. The molecule has 0 saturated carbocycles. The van der Waals surface area contributed by atoms with E-state index >= 15 is 0 Å². The Morgan fingerprint density at radius 2 is 0.573 bits per heavy atom. The third kappa shape index (κ3) is 67.7. The van der Waals surface area contributed by atoms with E-state index in [-0.39, 0.29) is 18.5 Å². The van der Waals surface area contributed by atoms with Gasteiger partial charge in [0.25, 0.3) is 0 Å². The van der Waals surface area contributed by atoms with Gasteiger partial charge in [0.1, 0.15) is 0 Å². The fourth-order valence-corrected chi connectivity index (χ4v) is 12.3. The molecule has 0 heterocycles. The normalized spacial score (nSPS) is 12.5. The second-order valence-electron chi connectivity index (χ2n) is 26.3. The molecule has 488 valence electrons. The van der Waals surface area contributed by atoms with Crippen molar-refractivity contribution in [3.63, 3.8) is 0 Å². The number of allylic oxidation sites excluding steroid dienone is 2. The molecule has 0 saturated heterocycles. The molecule has 6 nitrogen and oxygen atoms in total. The van der Waals surface area contributed by atoms with Crippen LogP contribution in [0.5, 0.6) is 0 Å². The van der Waals surface area contributed by atoms with Gasteiger partial charge in [-0.25, -0.2) is 0 Å². The minimum absolute atomic E-state index is 0.0212. The van der Waals surface area contributed by atoms with Gasteiger partial charge in [0, 0.05) is 12.8 Å². The highest BCUT2D eigenvalue weighted by molar-refractivity contribution is 5.76. The van der Waals surface area contributed by atoms with E-state index in [4.69, 9.17) is 4.74 Å². The summed E-state index contributed by atoms with van der Waals surface area (Å²) in [6.07, 6.45) is 90.0. The Bertz CT molecular complexity index is 1240. The van der Waals surface area contributed by atoms with Gasteiger partial charge in [-0.1, -0.05) is 386 Å². The fraction of sp³-hybridized carbons (Fsp3) is 0.947. The average Bonchev–Trinajstić information content (AvgIpc) is 3.48. The summed E-state index contributed by atoms with van der Waals surface area (Å²) in [6.45, 7) is 5.01. The van der Waals surface area contributed by atoms with Crippen LogP contribution in [-0.2, 0) is 14.3 Å². The highest BCUT2D eigenvalue weighted by Gasteiger charge is 2.20. The largest absolute Gasteiger partial charge is 0.466 e. The number of rotatable bonds is 72. The lowest BCUT2D eigenvalue weighted by Crippen LogP contribution is -2.45. The second kappa shape index (κ2) is 72.1. The van der Waals surface area contributed by atoms with E-state index in [1.54, 1.807) is 0 Å². The Labute approximate surface area is 514 Å². The third-order valence-electron chi connectivity index (χ3n) is 18.1. The zero-order valence-electron chi connectivity index (χ0n) is 56.0. The molecule has 0 spiro atoms. The highest BCUT2D eigenvalue weighted by atomic mass is 16.5. The van der Waals surface area contributed by atoms with Crippen LogP contribution in [-0.4, -0.2) is 47.4 Å². The van der Waals surface area contributed by atoms with E-state index in [1.807, 2.05) is 0 Å². The summed E-state index contributed by atoms with van der Waals surface area (Å²) in [5, 5.41) is 23.4. The van der Waals surface area contributed by atoms with Crippen LogP contribution in [0.4, 0.5) is 0 Å². The maximum atomic E-state index is 12.6. The molecule has 0 bridgehead atoms. The predicted octanol–water partition coefficient (Wildman–Crippen LogP) is 24.7. The molecule has 0 rings (SSSR count).